The summed E-state index contributed by atoms with van der Waals surface area (Å²) in [6.45, 7) is 5.01. The maximum Gasteiger partial charge on any atom is 0.252 e. The molecule has 8 nitrogen and oxygen atoms in total. The fourth-order valence-electron chi connectivity index (χ4n) is 5.64. The van der Waals surface area contributed by atoms with Gasteiger partial charge in [0.15, 0.2) is 0 Å². The molecule has 1 saturated carbocycles. The van der Waals surface area contributed by atoms with Crippen molar-refractivity contribution in [3.8, 4) is 11.4 Å². The molecular weight excluding hydrogens is 454 g/mol. The third kappa shape index (κ3) is 3.74. The number of carbonyl (C=O) groups excluding carboxylic acids is 1. The lowest BCUT2D eigenvalue weighted by Crippen LogP contribution is -2.63. The molecular formula is C28H35N5O3. The first-order chi connectivity index (χ1) is 18.2. The van der Waals surface area contributed by atoms with Crippen molar-refractivity contribution >= 4 is 5.91 Å². The summed E-state index contributed by atoms with van der Waals surface area (Å²) in [5, 5.41) is 16.6. The van der Waals surface area contributed by atoms with E-state index in [-0.39, 0.29) is 11.7 Å². The van der Waals surface area contributed by atoms with Crippen molar-refractivity contribution in [2.24, 2.45) is 5.41 Å². The van der Waals surface area contributed by atoms with Gasteiger partial charge in [0.2, 0.25) is 11.7 Å². The number of hydrogen-bond acceptors (Lipinski definition) is 7. The summed E-state index contributed by atoms with van der Waals surface area (Å²) in [5.74, 6) is -0.140. The van der Waals surface area contributed by atoms with E-state index in [4.69, 9.17) is 8.64 Å². The van der Waals surface area contributed by atoms with E-state index < -0.39 is 29.3 Å². The molecule has 1 N–H and O–H groups in total. The minimum atomic E-state index is -2.75. The number of carbonyl (C=O) groups is 1. The van der Waals surface area contributed by atoms with E-state index >= 15 is 0 Å². The van der Waals surface area contributed by atoms with Gasteiger partial charge in [0, 0.05) is 60.0 Å². The zero-order valence-corrected chi connectivity index (χ0v) is 21.4. The zero-order valence-electron chi connectivity index (χ0n) is 24.4. The Morgan fingerprint density at radius 2 is 1.92 bits per heavy atom. The Bertz CT molecular complexity index is 1380. The van der Waals surface area contributed by atoms with Gasteiger partial charge in [-0.2, -0.15) is 4.98 Å². The summed E-state index contributed by atoms with van der Waals surface area (Å²) in [4.78, 5) is 24.8. The Balaban J connectivity index is 1.51. The van der Waals surface area contributed by atoms with Gasteiger partial charge in [0.05, 0.1) is 0 Å². The lowest BCUT2D eigenvalue weighted by Gasteiger charge is -2.55. The van der Waals surface area contributed by atoms with Gasteiger partial charge in [-0.15, -0.1) is 0 Å². The number of rotatable bonds is 7. The van der Waals surface area contributed by atoms with Crippen LogP contribution in [0.5, 0.6) is 0 Å². The van der Waals surface area contributed by atoms with E-state index in [1.807, 2.05) is 25.2 Å². The summed E-state index contributed by atoms with van der Waals surface area (Å²) in [6.07, 6.45) is 4.34. The highest BCUT2D eigenvalue weighted by Crippen LogP contribution is 2.51. The third-order valence-electron chi connectivity index (χ3n) is 8.02. The molecule has 5 rings (SSSR count). The van der Waals surface area contributed by atoms with E-state index in [2.05, 4.69) is 52.9 Å². The predicted octanol–water partition coefficient (Wildman–Crippen LogP) is 3.91. The van der Waals surface area contributed by atoms with Gasteiger partial charge in [0.25, 0.3) is 5.89 Å². The van der Waals surface area contributed by atoms with Crippen molar-refractivity contribution in [1.29, 1.82) is 0 Å². The molecule has 8 heteroatoms. The first-order valence-electron chi connectivity index (χ1n) is 13.8. The third-order valence-corrected chi connectivity index (χ3v) is 8.02. The van der Waals surface area contributed by atoms with Gasteiger partial charge in [-0.25, -0.2) is 0 Å². The molecule has 3 aromatic rings. The molecule has 1 saturated heterocycles. The largest absolute Gasteiger partial charge is 0.380 e. The molecule has 1 aliphatic heterocycles. The van der Waals surface area contributed by atoms with E-state index in [1.165, 1.54) is 17.5 Å². The first-order valence-corrected chi connectivity index (χ1v) is 12.3. The summed E-state index contributed by atoms with van der Waals surface area (Å²) in [5.41, 5.74) is 0.447. The molecule has 3 heterocycles. The van der Waals surface area contributed by atoms with Gasteiger partial charge >= 0.3 is 0 Å². The summed E-state index contributed by atoms with van der Waals surface area (Å²) < 4.78 is 28.0. The van der Waals surface area contributed by atoms with Crippen molar-refractivity contribution in [3.05, 3.63) is 65.3 Å². The Morgan fingerprint density at radius 3 is 2.50 bits per heavy atom. The van der Waals surface area contributed by atoms with E-state index in [1.54, 1.807) is 12.4 Å². The van der Waals surface area contributed by atoms with Gasteiger partial charge in [-0.05, 0) is 43.0 Å². The van der Waals surface area contributed by atoms with Crippen LogP contribution >= 0.6 is 0 Å². The second kappa shape index (κ2) is 8.49. The van der Waals surface area contributed by atoms with Crippen LogP contribution in [-0.2, 0) is 15.9 Å². The molecule has 0 radical (unpaired) electrons. The van der Waals surface area contributed by atoms with Gasteiger partial charge in [-0.1, -0.05) is 50.2 Å². The predicted molar refractivity (Wildman–Crippen MR) is 136 cm³/mol. The highest BCUT2D eigenvalue weighted by molar-refractivity contribution is 5.74. The van der Waals surface area contributed by atoms with Crippen LogP contribution in [0.3, 0.4) is 0 Å². The Kier molecular flexibility index (Phi) is 4.96. The number of amides is 1. The lowest BCUT2D eigenvalue weighted by molar-refractivity contribution is -0.131. The highest BCUT2D eigenvalue weighted by Gasteiger charge is 2.56. The van der Waals surface area contributed by atoms with Crippen LogP contribution in [0.4, 0.5) is 0 Å². The van der Waals surface area contributed by atoms with Crippen LogP contribution in [0.1, 0.15) is 73.1 Å². The Hall–Kier alpha value is -3.10. The molecule has 2 aliphatic rings. The number of aliphatic hydroxyl groups is 1. The quantitative estimate of drug-likeness (QED) is 0.534. The standard InChI is InChI=1S/C28H35N5O3/c1-18(2)20-7-9-22(10-8-20)28(35,26(4)16-32(5)17-26)23-13-21(14-29-15-23)24-30-25(36-31-24)27(11-12-27)33(6)19(3)34/h7-10,13-15,18,35H,11-12,16-17H2,1-6H3/t28-/m0/s1/i3D3. The van der Waals surface area contributed by atoms with Gasteiger partial charge in [-0.3, -0.25) is 9.78 Å². The molecule has 1 aliphatic carbocycles. The fraction of sp³-hybridized carbons (Fsp3) is 0.500. The summed E-state index contributed by atoms with van der Waals surface area (Å²) in [6, 6.07) is 9.94. The molecule has 190 valence electrons. The molecule has 0 spiro atoms. The Morgan fingerprint density at radius 1 is 1.22 bits per heavy atom. The number of hydrogen-bond donors (Lipinski definition) is 1. The molecule has 1 atom stereocenters. The minimum absolute atomic E-state index is 0.190. The SMILES string of the molecule is [2H]C([2H])([2H])C(=O)N(C)C1(c2nc(-c3cncc([C@@](O)(c4ccc(C(C)C)cc4)C4(C)CN(C)C4)c3)no2)CC1. The van der Waals surface area contributed by atoms with Crippen LogP contribution < -0.4 is 0 Å². The molecule has 36 heavy (non-hydrogen) atoms. The first kappa shape index (κ1) is 21.0. The number of likely N-dealkylation sites (tertiary alicyclic amines) is 1. The summed E-state index contributed by atoms with van der Waals surface area (Å²) in [7, 11) is 3.48. The van der Waals surface area contributed by atoms with Crippen LogP contribution in [0.15, 0.2) is 47.2 Å². The average Bonchev–Trinajstić information content (AvgIpc) is 3.54. The Labute approximate surface area is 216 Å². The summed E-state index contributed by atoms with van der Waals surface area (Å²) >= 11 is 0. The maximum absolute atomic E-state index is 12.5. The van der Waals surface area contributed by atoms with Crippen molar-refractivity contribution < 1.29 is 18.5 Å². The van der Waals surface area contributed by atoms with Gasteiger partial charge in [0.1, 0.15) is 11.1 Å². The second-order valence-electron chi connectivity index (χ2n) is 11.0. The molecule has 0 bridgehead atoms. The number of nitrogens with zero attached hydrogens (tertiary/aromatic N) is 5. The van der Waals surface area contributed by atoms with Crippen LogP contribution in [-0.4, -0.2) is 63.1 Å². The second-order valence-corrected chi connectivity index (χ2v) is 11.0. The number of aromatic nitrogens is 3. The van der Waals surface area contributed by atoms with Crippen molar-refractivity contribution in [1.82, 2.24) is 24.9 Å². The topological polar surface area (TPSA) is 95.6 Å². The van der Waals surface area contributed by atoms with E-state index in [0.29, 0.717) is 43.0 Å². The lowest BCUT2D eigenvalue weighted by atomic mass is 9.62. The van der Waals surface area contributed by atoms with Crippen LogP contribution in [0.25, 0.3) is 11.4 Å². The van der Waals surface area contributed by atoms with Crippen LogP contribution in [0.2, 0.25) is 0 Å². The molecule has 2 aromatic heterocycles. The maximum atomic E-state index is 12.5. The van der Waals surface area contributed by atoms with Gasteiger partial charge < -0.3 is 19.4 Å². The van der Waals surface area contributed by atoms with E-state index in [9.17, 15) is 9.90 Å². The molecule has 0 unspecified atom stereocenters. The fourth-order valence-corrected chi connectivity index (χ4v) is 5.64. The van der Waals surface area contributed by atoms with Crippen molar-refractivity contribution in [2.45, 2.75) is 57.5 Å². The normalized spacial score (nSPS) is 21.6. The zero-order chi connectivity index (χ0) is 28.4. The van der Waals surface area contributed by atoms with E-state index in [0.717, 1.165) is 5.56 Å². The van der Waals surface area contributed by atoms with Crippen LogP contribution in [0, 0.1) is 5.41 Å². The average molecular weight is 493 g/mol. The molecule has 1 amide bonds. The number of benzene rings is 1. The molecule has 1 aromatic carbocycles. The molecule has 2 fully saturated rings. The monoisotopic (exact) mass is 492 g/mol. The van der Waals surface area contributed by atoms with Crippen molar-refractivity contribution in [2.75, 3.05) is 27.2 Å². The minimum Gasteiger partial charge on any atom is -0.380 e. The smallest absolute Gasteiger partial charge is 0.252 e. The number of pyridine rings is 1. The van der Waals surface area contributed by atoms with Crippen molar-refractivity contribution in [3.63, 3.8) is 0 Å². The highest BCUT2D eigenvalue weighted by atomic mass is 16.5.